The lowest BCUT2D eigenvalue weighted by atomic mass is 10.0. The van der Waals surface area contributed by atoms with Crippen LogP contribution in [0.1, 0.15) is 11.1 Å². The van der Waals surface area contributed by atoms with Gasteiger partial charge in [0.2, 0.25) is 5.78 Å². The molecule has 2 aromatic carbocycles. The molecule has 2 N–H and O–H groups in total. The number of carbonyl (C=O) groups excluding carboxylic acids is 2. The van der Waals surface area contributed by atoms with Crippen LogP contribution in [0.15, 0.2) is 60.7 Å². The smallest absolute Gasteiger partial charge is 0.335 e. The van der Waals surface area contributed by atoms with Crippen molar-refractivity contribution in [1.29, 1.82) is 0 Å². The molecule has 2 aromatic rings. The van der Waals surface area contributed by atoms with E-state index in [0.717, 1.165) is 5.56 Å². The van der Waals surface area contributed by atoms with Gasteiger partial charge in [-0.15, -0.1) is 0 Å². The van der Waals surface area contributed by atoms with E-state index in [2.05, 4.69) is 5.32 Å². The molecule has 0 amide bonds. The van der Waals surface area contributed by atoms with Crippen LogP contribution in [0.25, 0.3) is 5.76 Å². The number of nitrogens with one attached hydrogen (secondary N) is 1. The Balaban J connectivity index is 1.90. The first-order chi connectivity index (χ1) is 12.4. The number of hydrogen-bond donors (Lipinski definition) is 2. The Hall–Kier alpha value is -3.12. The van der Waals surface area contributed by atoms with Crippen molar-refractivity contribution < 1.29 is 24.2 Å². The van der Waals surface area contributed by atoms with Crippen LogP contribution < -0.4 is 5.32 Å². The number of carbonyl (C=O) groups is 2. The summed E-state index contributed by atoms with van der Waals surface area (Å²) in [4.78, 5) is 24.8. The molecule has 0 bridgehead atoms. The molecule has 0 saturated heterocycles. The largest absolute Gasteiger partial charge is 0.467 e. The van der Waals surface area contributed by atoms with E-state index in [1.54, 1.807) is 36.4 Å². The summed E-state index contributed by atoms with van der Waals surface area (Å²) < 4.78 is 10.3. The maximum Gasteiger partial charge on any atom is 0.335 e. The lowest BCUT2D eigenvalue weighted by molar-refractivity contribution is -0.185. The zero-order valence-corrected chi connectivity index (χ0v) is 14.4. The molecule has 1 aliphatic rings. The summed E-state index contributed by atoms with van der Waals surface area (Å²) in [5.74, 6) is -3.75. The number of esters is 1. The number of aryl methyl sites for hydroxylation is 1. The van der Waals surface area contributed by atoms with E-state index < -0.39 is 23.6 Å². The first-order valence-electron chi connectivity index (χ1n) is 8.08. The molecule has 0 aliphatic carbocycles. The van der Waals surface area contributed by atoms with Crippen molar-refractivity contribution in [2.45, 2.75) is 18.8 Å². The number of ketones is 1. The van der Waals surface area contributed by atoms with Crippen LogP contribution >= 0.6 is 0 Å². The second kappa shape index (κ2) is 7.01. The Labute approximate surface area is 151 Å². The molecule has 0 spiro atoms. The fourth-order valence-corrected chi connectivity index (χ4v) is 2.67. The topological polar surface area (TPSA) is 84.9 Å². The minimum Gasteiger partial charge on any atom is -0.467 e. The molecule has 6 nitrogen and oxygen atoms in total. The van der Waals surface area contributed by atoms with E-state index in [9.17, 15) is 14.7 Å². The van der Waals surface area contributed by atoms with Gasteiger partial charge in [0.25, 0.3) is 0 Å². The number of ether oxygens (including phenoxy) is 2. The molecule has 3 rings (SSSR count). The maximum atomic E-state index is 12.5. The molecule has 26 heavy (non-hydrogen) atoms. The SMILES string of the molecule is COC(=O)[C@@H](Nc1ccc(C)cc1)[C@@]1(O)OC(c2ccccc2)=CC1=O. The quantitative estimate of drug-likeness (QED) is 0.802. The van der Waals surface area contributed by atoms with E-state index in [-0.39, 0.29) is 5.76 Å². The van der Waals surface area contributed by atoms with Crippen LogP contribution in [0, 0.1) is 6.92 Å². The van der Waals surface area contributed by atoms with Gasteiger partial charge in [-0.1, -0.05) is 48.0 Å². The van der Waals surface area contributed by atoms with Gasteiger partial charge in [-0.3, -0.25) is 4.79 Å². The number of hydrogen-bond acceptors (Lipinski definition) is 6. The number of aliphatic hydroxyl groups is 1. The summed E-state index contributed by atoms with van der Waals surface area (Å²) in [6, 6.07) is 14.6. The van der Waals surface area contributed by atoms with E-state index >= 15 is 0 Å². The molecule has 0 fully saturated rings. The number of anilines is 1. The van der Waals surface area contributed by atoms with Gasteiger partial charge >= 0.3 is 11.8 Å². The fraction of sp³-hybridized carbons (Fsp3) is 0.200. The summed E-state index contributed by atoms with van der Waals surface area (Å²) in [5.41, 5.74) is 2.20. The predicted octanol–water partition coefficient (Wildman–Crippen LogP) is 2.28. The van der Waals surface area contributed by atoms with Crippen molar-refractivity contribution in [2.75, 3.05) is 12.4 Å². The van der Waals surface area contributed by atoms with E-state index in [1.807, 2.05) is 25.1 Å². The Morgan fingerprint density at radius 1 is 1.15 bits per heavy atom. The second-order valence-electron chi connectivity index (χ2n) is 6.00. The van der Waals surface area contributed by atoms with Crippen molar-refractivity contribution in [1.82, 2.24) is 0 Å². The van der Waals surface area contributed by atoms with E-state index in [0.29, 0.717) is 11.3 Å². The van der Waals surface area contributed by atoms with Crippen molar-refractivity contribution in [3.05, 3.63) is 71.8 Å². The third kappa shape index (κ3) is 3.32. The van der Waals surface area contributed by atoms with Crippen molar-refractivity contribution in [3.8, 4) is 0 Å². The average Bonchev–Trinajstić information content (AvgIpc) is 2.97. The highest BCUT2D eigenvalue weighted by molar-refractivity contribution is 6.07. The Kier molecular flexibility index (Phi) is 4.77. The summed E-state index contributed by atoms with van der Waals surface area (Å²) in [6.07, 6.45) is 1.18. The zero-order valence-electron chi connectivity index (χ0n) is 14.4. The minimum absolute atomic E-state index is 0.192. The lowest BCUT2D eigenvalue weighted by Crippen LogP contribution is -2.56. The van der Waals surface area contributed by atoms with Gasteiger partial charge in [0.1, 0.15) is 5.76 Å². The number of rotatable bonds is 5. The molecule has 0 aromatic heterocycles. The summed E-state index contributed by atoms with van der Waals surface area (Å²) in [5, 5.41) is 13.7. The number of benzene rings is 2. The van der Waals surface area contributed by atoms with Crippen LogP contribution in [-0.2, 0) is 19.1 Å². The lowest BCUT2D eigenvalue weighted by Gasteiger charge is -2.30. The van der Waals surface area contributed by atoms with Gasteiger partial charge in [0.15, 0.2) is 6.04 Å². The molecule has 1 aliphatic heterocycles. The summed E-state index contributed by atoms with van der Waals surface area (Å²) >= 11 is 0. The van der Waals surface area contributed by atoms with Gasteiger partial charge in [0, 0.05) is 17.3 Å². The normalized spacial score (nSPS) is 20.1. The number of methoxy groups -OCH3 is 1. The predicted molar refractivity (Wildman–Crippen MR) is 96.1 cm³/mol. The maximum absolute atomic E-state index is 12.5. The highest BCUT2D eigenvalue weighted by Gasteiger charge is 2.54. The summed E-state index contributed by atoms with van der Waals surface area (Å²) in [6.45, 7) is 1.93. The monoisotopic (exact) mass is 353 g/mol. The first kappa shape index (κ1) is 17.7. The molecule has 1 heterocycles. The van der Waals surface area contributed by atoms with Crippen molar-refractivity contribution in [2.24, 2.45) is 0 Å². The molecular formula is C20H19NO5. The Morgan fingerprint density at radius 2 is 1.81 bits per heavy atom. The minimum atomic E-state index is -2.40. The molecule has 134 valence electrons. The highest BCUT2D eigenvalue weighted by atomic mass is 16.6. The molecule has 0 radical (unpaired) electrons. The molecule has 2 atom stereocenters. The van der Waals surface area contributed by atoms with E-state index in [1.165, 1.54) is 13.2 Å². The Bertz CT molecular complexity index is 844. The second-order valence-corrected chi connectivity index (χ2v) is 6.00. The fourth-order valence-electron chi connectivity index (χ4n) is 2.67. The van der Waals surface area contributed by atoms with Gasteiger partial charge in [-0.05, 0) is 19.1 Å². The van der Waals surface area contributed by atoms with Crippen LogP contribution in [0.2, 0.25) is 0 Å². The zero-order chi connectivity index (χ0) is 18.7. The third-order valence-corrected chi connectivity index (χ3v) is 4.13. The van der Waals surface area contributed by atoms with Crippen molar-refractivity contribution >= 4 is 23.2 Å². The van der Waals surface area contributed by atoms with Crippen molar-refractivity contribution in [3.63, 3.8) is 0 Å². The standard InChI is InChI=1S/C20H19NO5/c1-13-8-10-15(11-9-13)21-18(19(23)25-2)20(24)17(22)12-16(26-20)14-6-4-3-5-7-14/h3-12,18,21,24H,1-2H3/t18-,20+/m1/s1. The van der Waals surface area contributed by atoms with Crippen LogP contribution in [0.4, 0.5) is 5.69 Å². The molecule has 6 heteroatoms. The molecular weight excluding hydrogens is 334 g/mol. The molecule has 0 unspecified atom stereocenters. The first-order valence-corrected chi connectivity index (χ1v) is 8.08. The van der Waals surface area contributed by atoms with Crippen LogP contribution in [-0.4, -0.2) is 35.8 Å². The van der Waals surface area contributed by atoms with Gasteiger partial charge in [-0.2, -0.15) is 0 Å². The van der Waals surface area contributed by atoms with Gasteiger partial charge < -0.3 is 19.9 Å². The van der Waals surface area contributed by atoms with Crippen LogP contribution in [0.5, 0.6) is 0 Å². The average molecular weight is 353 g/mol. The third-order valence-electron chi connectivity index (χ3n) is 4.13. The molecule has 0 saturated carbocycles. The summed E-state index contributed by atoms with van der Waals surface area (Å²) in [7, 11) is 1.18. The highest BCUT2D eigenvalue weighted by Crippen LogP contribution is 2.33. The van der Waals surface area contributed by atoms with Gasteiger partial charge in [-0.25, -0.2) is 4.79 Å². The van der Waals surface area contributed by atoms with Crippen LogP contribution in [0.3, 0.4) is 0 Å². The van der Waals surface area contributed by atoms with Gasteiger partial charge in [0.05, 0.1) is 7.11 Å². The van der Waals surface area contributed by atoms with E-state index in [4.69, 9.17) is 9.47 Å². The Morgan fingerprint density at radius 3 is 2.42 bits per heavy atom.